The predicted octanol–water partition coefficient (Wildman–Crippen LogP) is 3.61. The maximum Gasteiger partial charge on any atom is 0.417 e. The van der Waals surface area contributed by atoms with Crippen molar-refractivity contribution in [3.63, 3.8) is 0 Å². The van der Waals surface area contributed by atoms with Crippen molar-refractivity contribution in [1.29, 1.82) is 0 Å². The molecule has 0 bridgehead atoms. The fourth-order valence-electron chi connectivity index (χ4n) is 3.03. The third-order valence-electron chi connectivity index (χ3n) is 4.38. The van der Waals surface area contributed by atoms with E-state index in [1.54, 1.807) is 0 Å². The van der Waals surface area contributed by atoms with Gasteiger partial charge in [-0.3, -0.25) is 4.79 Å². The summed E-state index contributed by atoms with van der Waals surface area (Å²) < 4.78 is 5.07. The monoisotopic (exact) mass is 339 g/mol. The summed E-state index contributed by atoms with van der Waals surface area (Å²) in [5.74, 6) is -0.267. The number of ether oxygens (including phenoxy) is 1. The maximum absolute atomic E-state index is 12.5. The predicted molar refractivity (Wildman–Crippen MR) is 92.6 cm³/mol. The second-order valence-corrected chi connectivity index (χ2v) is 6.09. The van der Waals surface area contributed by atoms with E-state index in [0.717, 1.165) is 11.1 Å². The van der Waals surface area contributed by atoms with Gasteiger partial charge in [0.15, 0.2) is 0 Å². The van der Waals surface area contributed by atoms with Crippen LogP contribution in [0.1, 0.15) is 42.5 Å². The Labute approximate surface area is 146 Å². The van der Waals surface area contributed by atoms with E-state index in [1.807, 2.05) is 60.7 Å². The molecule has 0 spiro atoms. The van der Waals surface area contributed by atoms with Crippen LogP contribution in [0.25, 0.3) is 0 Å². The summed E-state index contributed by atoms with van der Waals surface area (Å²) in [7, 11) is 0. The van der Waals surface area contributed by atoms with Crippen LogP contribution < -0.4 is 0 Å². The zero-order valence-corrected chi connectivity index (χ0v) is 13.9. The first-order valence-electron chi connectivity index (χ1n) is 8.43. The van der Waals surface area contributed by atoms with Crippen LogP contribution in [-0.4, -0.2) is 28.6 Å². The topological polar surface area (TPSA) is 66.8 Å². The average molecular weight is 339 g/mol. The van der Waals surface area contributed by atoms with E-state index in [-0.39, 0.29) is 25.0 Å². The van der Waals surface area contributed by atoms with Crippen molar-refractivity contribution in [3.05, 3.63) is 71.8 Å². The lowest BCUT2D eigenvalue weighted by atomic mass is 10.0. The Kier molecular flexibility index (Phi) is 5.46. The van der Waals surface area contributed by atoms with E-state index in [9.17, 15) is 14.7 Å². The third-order valence-corrected chi connectivity index (χ3v) is 4.38. The average Bonchev–Trinajstić information content (AvgIpc) is 3.04. The van der Waals surface area contributed by atoms with Crippen LogP contribution in [0.5, 0.6) is 0 Å². The van der Waals surface area contributed by atoms with E-state index in [2.05, 4.69) is 0 Å². The molecule has 1 saturated heterocycles. The summed E-state index contributed by atoms with van der Waals surface area (Å²) in [5, 5.41) is 10.2. The van der Waals surface area contributed by atoms with Gasteiger partial charge in [-0.15, -0.1) is 0 Å². The van der Waals surface area contributed by atoms with Crippen LogP contribution in [0.4, 0.5) is 4.79 Å². The summed E-state index contributed by atoms with van der Waals surface area (Å²) in [4.78, 5) is 25.7. The van der Waals surface area contributed by atoms with Gasteiger partial charge in [0, 0.05) is 6.42 Å². The Morgan fingerprint density at radius 2 is 1.76 bits per heavy atom. The zero-order chi connectivity index (χ0) is 17.6. The van der Waals surface area contributed by atoms with Crippen molar-refractivity contribution in [1.82, 2.24) is 4.90 Å². The number of benzene rings is 2. The Hall–Kier alpha value is -2.66. The summed E-state index contributed by atoms with van der Waals surface area (Å²) in [6, 6.07) is 18.4. The molecule has 5 heteroatoms. The highest BCUT2D eigenvalue weighted by Crippen LogP contribution is 2.29. The number of carbonyl (C=O) groups excluding carboxylic acids is 2. The summed E-state index contributed by atoms with van der Waals surface area (Å²) in [5.41, 5.74) is 1.71. The number of cyclic esters (lactones) is 1. The van der Waals surface area contributed by atoms with Gasteiger partial charge in [-0.05, 0) is 24.0 Å². The fourth-order valence-corrected chi connectivity index (χ4v) is 3.03. The molecule has 25 heavy (non-hydrogen) atoms. The standard InChI is InChI=1S/C20H21NO4/c22-18(16-10-5-2-6-11-16)12-7-13-19(23)21-17(14-25-20(21)24)15-8-3-1-4-9-15/h1-6,8-11,17-18,22H,7,12-14H2/t17-,18+/m0/s1. The molecule has 3 rings (SSSR count). The minimum Gasteiger partial charge on any atom is -0.446 e. The molecule has 0 unspecified atom stereocenters. The van der Waals surface area contributed by atoms with Crippen molar-refractivity contribution in [3.8, 4) is 0 Å². The second-order valence-electron chi connectivity index (χ2n) is 6.09. The van der Waals surface area contributed by atoms with E-state index in [1.165, 1.54) is 4.90 Å². The van der Waals surface area contributed by atoms with Crippen molar-refractivity contribution in [2.75, 3.05) is 6.61 Å². The molecule has 2 aromatic rings. The first-order chi connectivity index (χ1) is 12.2. The Morgan fingerprint density at radius 1 is 1.12 bits per heavy atom. The largest absolute Gasteiger partial charge is 0.446 e. The summed E-state index contributed by atoms with van der Waals surface area (Å²) in [6.45, 7) is 0.182. The van der Waals surface area contributed by atoms with Gasteiger partial charge in [0.05, 0.1) is 6.10 Å². The fraction of sp³-hybridized carbons (Fsp3) is 0.300. The Balaban J connectivity index is 1.57. The molecule has 0 saturated carbocycles. The molecule has 0 aromatic heterocycles. The third kappa shape index (κ3) is 4.06. The molecule has 2 amide bonds. The van der Waals surface area contributed by atoms with Gasteiger partial charge in [0.1, 0.15) is 12.6 Å². The molecule has 1 heterocycles. The second kappa shape index (κ2) is 7.94. The molecule has 0 radical (unpaired) electrons. The number of imide groups is 1. The number of hydrogen-bond donors (Lipinski definition) is 1. The lowest BCUT2D eigenvalue weighted by Gasteiger charge is -2.20. The highest BCUT2D eigenvalue weighted by atomic mass is 16.6. The van der Waals surface area contributed by atoms with Crippen LogP contribution in [0.3, 0.4) is 0 Å². The Bertz CT molecular complexity index is 717. The molecule has 1 N–H and O–H groups in total. The molecule has 0 aliphatic carbocycles. The molecule has 2 aromatic carbocycles. The first-order valence-corrected chi connectivity index (χ1v) is 8.43. The van der Waals surface area contributed by atoms with E-state index in [0.29, 0.717) is 12.8 Å². The number of aliphatic hydroxyl groups excluding tert-OH is 1. The minimum atomic E-state index is -0.607. The van der Waals surface area contributed by atoms with Crippen LogP contribution in [0.2, 0.25) is 0 Å². The van der Waals surface area contributed by atoms with Crippen molar-refractivity contribution in [2.45, 2.75) is 31.4 Å². The number of carbonyl (C=O) groups is 2. The van der Waals surface area contributed by atoms with Gasteiger partial charge < -0.3 is 9.84 Å². The number of amides is 2. The highest BCUT2D eigenvalue weighted by Gasteiger charge is 2.38. The first kappa shape index (κ1) is 17.2. The SMILES string of the molecule is O=C(CCC[C@@H](O)c1ccccc1)N1C(=O)OC[C@H]1c1ccccc1. The van der Waals surface area contributed by atoms with Crippen LogP contribution in [-0.2, 0) is 9.53 Å². The molecule has 1 aliphatic heterocycles. The molecular formula is C20H21NO4. The molecular weight excluding hydrogens is 318 g/mol. The van der Waals surface area contributed by atoms with Crippen molar-refractivity contribution in [2.24, 2.45) is 0 Å². The molecule has 1 aliphatic rings. The summed E-state index contributed by atoms with van der Waals surface area (Å²) >= 11 is 0. The minimum absolute atomic E-state index is 0.182. The molecule has 1 fully saturated rings. The van der Waals surface area contributed by atoms with Gasteiger partial charge in [-0.1, -0.05) is 60.7 Å². The number of rotatable bonds is 6. The Morgan fingerprint density at radius 3 is 2.44 bits per heavy atom. The molecule has 5 nitrogen and oxygen atoms in total. The lowest BCUT2D eigenvalue weighted by molar-refractivity contribution is -0.129. The number of nitrogens with zero attached hydrogens (tertiary/aromatic N) is 1. The van der Waals surface area contributed by atoms with Gasteiger partial charge in [-0.25, -0.2) is 9.69 Å². The van der Waals surface area contributed by atoms with E-state index >= 15 is 0 Å². The van der Waals surface area contributed by atoms with Crippen LogP contribution >= 0.6 is 0 Å². The lowest BCUT2D eigenvalue weighted by Crippen LogP contribution is -2.34. The van der Waals surface area contributed by atoms with Crippen molar-refractivity contribution >= 4 is 12.0 Å². The molecule has 130 valence electrons. The highest BCUT2D eigenvalue weighted by molar-refractivity contribution is 5.93. The van der Waals surface area contributed by atoms with Gasteiger partial charge in [0.25, 0.3) is 0 Å². The van der Waals surface area contributed by atoms with Crippen LogP contribution in [0, 0.1) is 0 Å². The zero-order valence-electron chi connectivity index (χ0n) is 13.9. The van der Waals surface area contributed by atoms with Gasteiger partial charge in [-0.2, -0.15) is 0 Å². The number of aliphatic hydroxyl groups is 1. The molecule has 2 atom stereocenters. The quantitative estimate of drug-likeness (QED) is 0.873. The van der Waals surface area contributed by atoms with E-state index < -0.39 is 12.2 Å². The van der Waals surface area contributed by atoms with E-state index in [4.69, 9.17) is 4.74 Å². The van der Waals surface area contributed by atoms with Crippen LogP contribution in [0.15, 0.2) is 60.7 Å². The maximum atomic E-state index is 12.5. The number of hydrogen-bond acceptors (Lipinski definition) is 4. The smallest absolute Gasteiger partial charge is 0.417 e. The van der Waals surface area contributed by atoms with Gasteiger partial charge >= 0.3 is 6.09 Å². The van der Waals surface area contributed by atoms with Crippen molar-refractivity contribution < 1.29 is 19.4 Å². The normalized spacial score (nSPS) is 18.0. The summed E-state index contributed by atoms with van der Waals surface area (Å²) in [6.07, 6.45) is -0.0381. The van der Waals surface area contributed by atoms with Gasteiger partial charge in [0.2, 0.25) is 5.91 Å².